The number of primary amides is 1. The van der Waals surface area contributed by atoms with Gasteiger partial charge in [-0.25, -0.2) is 4.98 Å². The van der Waals surface area contributed by atoms with Crippen molar-refractivity contribution in [1.82, 2.24) is 4.98 Å². The van der Waals surface area contributed by atoms with Gasteiger partial charge in [-0.3, -0.25) is 4.79 Å². The Morgan fingerprint density at radius 2 is 2.08 bits per heavy atom. The molecule has 1 aromatic rings. The zero-order valence-corrected chi connectivity index (χ0v) is 7.00. The molecule has 0 spiro atoms. The second kappa shape index (κ2) is 2.93. The van der Waals surface area contributed by atoms with Gasteiger partial charge in [0.2, 0.25) is 0 Å². The van der Waals surface area contributed by atoms with Gasteiger partial charge in [0.1, 0.15) is 5.69 Å². The minimum absolute atomic E-state index is 0.287. The van der Waals surface area contributed by atoms with E-state index in [9.17, 15) is 4.79 Å². The second-order valence-corrected chi connectivity index (χ2v) is 2.83. The Morgan fingerprint density at radius 1 is 1.38 bits per heavy atom. The van der Waals surface area contributed by atoms with Crippen molar-refractivity contribution < 1.29 is 4.79 Å². The molecule has 5 heteroatoms. The first-order chi connectivity index (χ1) is 6.27. The van der Waals surface area contributed by atoms with Crippen molar-refractivity contribution in [3.63, 3.8) is 0 Å². The van der Waals surface area contributed by atoms with E-state index < -0.39 is 5.91 Å². The van der Waals surface area contributed by atoms with Crippen LogP contribution in [0.4, 0.5) is 11.4 Å². The molecule has 2 rings (SSSR count). The number of anilines is 2. The zero-order valence-electron chi connectivity index (χ0n) is 7.00. The number of rotatable bonds is 1. The van der Waals surface area contributed by atoms with Crippen molar-refractivity contribution in [2.24, 2.45) is 5.73 Å². The Bertz CT molecular complexity index is 350. The molecule has 0 radical (unpaired) electrons. The van der Waals surface area contributed by atoms with Crippen LogP contribution in [0, 0.1) is 0 Å². The third-order valence-electron chi connectivity index (χ3n) is 1.91. The number of nitrogens with two attached hydrogens (primary N) is 1. The molecule has 0 unspecified atom stereocenters. The highest BCUT2D eigenvalue weighted by Gasteiger charge is 2.10. The Labute approximate surface area is 75.3 Å². The molecule has 0 aliphatic carbocycles. The van der Waals surface area contributed by atoms with Gasteiger partial charge in [0.15, 0.2) is 0 Å². The van der Waals surface area contributed by atoms with Crippen LogP contribution in [0.25, 0.3) is 0 Å². The highest BCUT2D eigenvalue weighted by molar-refractivity contribution is 5.92. The molecular weight excluding hydrogens is 168 g/mol. The summed E-state index contributed by atoms with van der Waals surface area (Å²) in [6.07, 6.45) is 1.61. The summed E-state index contributed by atoms with van der Waals surface area (Å²) >= 11 is 0. The van der Waals surface area contributed by atoms with Gasteiger partial charge in [-0.05, 0) is 6.07 Å². The number of pyridine rings is 1. The van der Waals surface area contributed by atoms with E-state index in [0.29, 0.717) is 0 Å². The third kappa shape index (κ3) is 1.40. The summed E-state index contributed by atoms with van der Waals surface area (Å²) in [6, 6.07) is 1.66. The predicted molar refractivity (Wildman–Crippen MR) is 49.7 cm³/mol. The minimum Gasteiger partial charge on any atom is -0.381 e. The topological polar surface area (TPSA) is 80.0 Å². The normalized spacial score (nSPS) is 13.8. The average Bonchev–Trinajstić information content (AvgIpc) is 2.17. The number of nitrogens with one attached hydrogen (secondary N) is 2. The SMILES string of the molecule is NC(=O)c1cc2c(cn1)NCCN2. The number of fused-ring (bicyclic) bond motifs is 1. The summed E-state index contributed by atoms with van der Waals surface area (Å²) < 4.78 is 0. The van der Waals surface area contributed by atoms with Crippen molar-refractivity contribution in [2.45, 2.75) is 0 Å². The van der Waals surface area contributed by atoms with E-state index in [4.69, 9.17) is 5.73 Å². The quantitative estimate of drug-likeness (QED) is 0.566. The molecule has 2 heterocycles. The molecule has 13 heavy (non-hydrogen) atoms. The highest BCUT2D eigenvalue weighted by atomic mass is 16.1. The van der Waals surface area contributed by atoms with Crippen LogP contribution in [-0.2, 0) is 0 Å². The molecule has 0 bridgehead atoms. The molecule has 0 saturated heterocycles. The highest BCUT2D eigenvalue weighted by Crippen LogP contribution is 2.23. The number of carbonyl (C=O) groups excluding carboxylic acids is 1. The molecular formula is C8H10N4O. The summed E-state index contributed by atoms with van der Waals surface area (Å²) in [7, 11) is 0. The van der Waals surface area contributed by atoms with Crippen LogP contribution >= 0.6 is 0 Å². The molecule has 0 atom stereocenters. The van der Waals surface area contributed by atoms with E-state index in [1.54, 1.807) is 12.3 Å². The minimum atomic E-state index is -0.504. The summed E-state index contributed by atoms with van der Waals surface area (Å²) in [6.45, 7) is 1.71. The number of carbonyl (C=O) groups is 1. The lowest BCUT2D eigenvalue weighted by Gasteiger charge is -2.19. The van der Waals surface area contributed by atoms with Crippen LogP contribution < -0.4 is 16.4 Å². The number of nitrogens with zero attached hydrogens (tertiary/aromatic N) is 1. The van der Waals surface area contributed by atoms with Gasteiger partial charge in [-0.2, -0.15) is 0 Å². The summed E-state index contributed by atoms with van der Waals surface area (Å²) in [5.74, 6) is -0.504. The third-order valence-corrected chi connectivity index (χ3v) is 1.91. The van der Waals surface area contributed by atoms with E-state index in [0.717, 1.165) is 24.5 Å². The van der Waals surface area contributed by atoms with Crippen LogP contribution in [0.15, 0.2) is 12.3 Å². The fourth-order valence-electron chi connectivity index (χ4n) is 1.27. The predicted octanol–water partition coefficient (Wildman–Crippen LogP) is 0.0179. The monoisotopic (exact) mass is 178 g/mol. The number of amides is 1. The fraction of sp³-hybridized carbons (Fsp3) is 0.250. The molecule has 1 aliphatic rings. The lowest BCUT2D eigenvalue weighted by atomic mass is 10.2. The zero-order chi connectivity index (χ0) is 9.26. The summed E-state index contributed by atoms with van der Waals surface area (Å²) in [4.78, 5) is 14.7. The van der Waals surface area contributed by atoms with Gasteiger partial charge in [-0.1, -0.05) is 0 Å². The van der Waals surface area contributed by atoms with Crippen molar-refractivity contribution in [2.75, 3.05) is 23.7 Å². The maximum absolute atomic E-state index is 10.8. The Morgan fingerprint density at radius 3 is 2.77 bits per heavy atom. The Kier molecular flexibility index (Phi) is 1.77. The average molecular weight is 178 g/mol. The van der Waals surface area contributed by atoms with Crippen molar-refractivity contribution in [1.29, 1.82) is 0 Å². The van der Waals surface area contributed by atoms with E-state index in [2.05, 4.69) is 15.6 Å². The summed E-state index contributed by atoms with van der Waals surface area (Å²) in [5, 5.41) is 6.30. The molecule has 5 nitrogen and oxygen atoms in total. The lowest BCUT2D eigenvalue weighted by molar-refractivity contribution is 0.0995. The fourth-order valence-corrected chi connectivity index (χ4v) is 1.27. The Balaban J connectivity index is 2.40. The molecule has 1 amide bonds. The lowest BCUT2D eigenvalue weighted by Crippen LogP contribution is -2.22. The van der Waals surface area contributed by atoms with Crippen LogP contribution in [0.2, 0.25) is 0 Å². The van der Waals surface area contributed by atoms with Crippen LogP contribution in [-0.4, -0.2) is 24.0 Å². The summed E-state index contributed by atoms with van der Waals surface area (Å²) in [5.41, 5.74) is 7.18. The maximum Gasteiger partial charge on any atom is 0.267 e. The standard InChI is InChI=1S/C8H10N4O/c9-8(13)6-3-5-7(4-12-6)11-2-1-10-5/h3-4,10-11H,1-2H2,(H2,9,13). The molecule has 0 saturated carbocycles. The van der Waals surface area contributed by atoms with Gasteiger partial charge < -0.3 is 16.4 Å². The van der Waals surface area contributed by atoms with E-state index in [-0.39, 0.29) is 5.69 Å². The molecule has 0 aromatic carbocycles. The first-order valence-corrected chi connectivity index (χ1v) is 4.05. The van der Waals surface area contributed by atoms with Gasteiger partial charge in [-0.15, -0.1) is 0 Å². The first kappa shape index (κ1) is 7.85. The maximum atomic E-state index is 10.8. The smallest absolute Gasteiger partial charge is 0.267 e. The van der Waals surface area contributed by atoms with Crippen LogP contribution in [0.3, 0.4) is 0 Å². The molecule has 1 aromatic heterocycles. The second-order valence-electron chi connectivity index (χ2n) is 2.83. The first-order valence-electron chi connectivity index (χ1n) is 4.05. The van der Waals surface area contributed by atoms with Gasteiger partial charge >= 0.3 is 0 Å². The largest absolute Gasteiger partial charge is 0.381 e. The molecule has 68 valence electrons. The van der Waals surface area contributed by atoms with Crippen molar-refractivity contribution in [3.05, 3.63) is 18.0 Å². The number of aromatic nitrogens is 1. The van der Waals surface area contributed by atoms with Crippen LogP contribution in [0.5, 0.6) is 0 Å². The van der Waals surface area contributed by atoms with E-state index in [1.165, 1.54) is 0 Å². The van der Waals surface area contributed by atoms with Gasteiger partial charge in [0.25, 0.3) is 5.91 Å². The van der Waals surface area contributed by atoms with Crippen LogP contribution in [0.1, 0.15) is 10.5 Å². The van der Waals surface area contributed by atoms with E-state index in [1.807, 2.05) is 0 Å². The Hall–Kier alpha value is -1.78. The van der Waals surface area contributed by atoms with Crippen molar-refractivity contribution >= 4 is 17.3 Å². The van der Waals surface area contributed by atoms with Gasteiger partial charge in [0.05, 0.1) is 17.6 Å². The molecule has 0 fully saturated rings. The van der Waals surface area contributed by atoms with E-state index >= 15 is 0 Å². The molecule has 1 aliphatic heterocycles. The van der Waals surface area contributed by atoms with Gasteiger partial charge in [0, 0.05) is 13.1 Å². The number of hydrogen-bond donors (Lipinski definition) is 3. The number of hydrogen-bond acceptors (Lipinski definition) is 4. The molecule has 4 N–H and O–H groups in total. The van der Waals surface area contributed by atoms with Crippen molar-refractivity contribution in [3.8, 4) is 0 Å².